The van der Waals surface area contributed by atoms with E-state index in [-0.39, 0.29) is 11.4 Å². The average Bonchev–Trinajstić information content (AvgIpc) is 2.74. The quantitative estimate of drug-likeness (QED) is 0.597. The summed E-state index contributed by atoms with van der Waals surface area (Å²) in [6.45, 7) is 2.01. The Morgan fingerprint density at radius 1 is 0.900 bits per heavy atom. The summed E-state index contributed by atoms with van der Waals surface area (Å²) < 4.78 is 39.7. The van der Waals surface area contributed by atoms with Crippen molar-refractivity contribution in [3.63, 3.8) is 0 Å². The summed E-state index contributed by atoms with van der Waals surface area (Å²) in [4.78, 5) is 0.227. The molecule has 0 unspecified atom stereocenters. The molecule has 6 heteroatoms. The van der Waals surface area contributed by atoms with Crippen molar-refractivity contribution in [2.75, 3.05) is 18.5 Å². The number of hydrogen-bond donors (Lipinski definition) is 0. The summed E-state index contributed by atoms with van der Waals surface area (Å²) >= 11 is 0. The molecule has 152 valence electrons. The summed E-state index contributed by atoms with van der Waals surface area (Å²) in [6.07, 6.45) is 0. The number of ether oxygens (including phenoxy) is 2. The van der Waals surface area contributed by atoms with E-state index < -0.39 is 10.0 Å². The van der Waals surface area contributed by atoms with Gasteiger partial charge in [-0.25, -0.2) is 8.42 Å². The van der Waals surface area contributed by atoms with E-state index in [1.54, 1.807) is 56.7 Å². The molecule has 0 saturated heterocycles. The van der Waals surface area contributed by atoms with Crippen molar-refractivity contribution in [3.05, 3.63) is 82.9 Å². The maximum absolute atomic E-state index is 13.7. The molecule has 0 spiro atoms. The number of nitrogens with zero attached hydrogens (tertiary/aromatic N) is 1. The Kier molecular flexibility index (Phi) is 5.15. The van der Waals surface area contributed by atoms with Gasteiger partial charge in [0.25, 0.3) is 10.0 Å². The second-order valence-electron chi connectivity index (χ2n) is 6.95. The number of benzene rings is 3. The minimum absolute atomic E-state index is 0.0877. The number of para-hydroxylation sites is 1. The predicted octanol–water partition coefficient (Wildman–Crippen LogP) is 4.12. The van der Waals surface area contributed by atoms with Crippen LogP contribution in [0.3, 0.4) is 0 Å². The highest BCUT2D eigenvalue weighted by molar-refractivity contribution is 7.92. The molecule has 30 heavy (non-hydrogen) atoms. The van der Waals surface area contributed by atoms with Crippen LogP contribution in [0.5, 0.6) is 11.5 Å². The standard InChI is InChI=1S/C24H21NO4S/c1-17-8-12-21(13-9-17)30(26,27)25-16-22-19(14-20(28-2)15-24(22)29-3)11-10-18-6-4-5-7-23(18)25/h4-9,12-15H,16H2,1-3H3. The second kappa shape index (κ2) is 7.77. The summed E-state index contributed by atoms with van der Waals surface area (Å²) in [5.74, 6) is 7.41. The van der Waals surface area contributed by atoms with Gasteiger partial charge in [0, 0.05) is 22.8 Å². The van der Waals surface area contributed by atoms with Gasteiger partial charge in [0.2, 0.25) is 0 Å². The minimum Gasteiger partial charge on any atom is -0.497 e. The molecule has 0 aromatic heterocycles. The van der Waals surface area contributed by atoms with Gasteiger partial charge in [0.15, 0.2) is 0 Å². The van der Waals surface area contributed by atoms with Crippen LogP contribution in [0.15, 0.2) is 65.6 Å². The van der Waals surface area contributed by atoms with Gasteiger partial charge in [-0.1, -0.05) is 41.7 Å². The number of anilines is 1. The summed E-state index contributed by atoms with van der Waals surface area (Å²) in [7, 11) is -0.716. The Hall–Kier alpha value is -3.43. The van der Waals surface area contributed by atoms with Crippen LogP contribution in [0.1, 0.15) is 22.3 Å². The third kappa shape index (κ3) is 3.49. The molecule has 1 aliphatic rings. The smallest absolute Gasteiger partial charge is 0.264 e. The van der Waals surface area contributed by atoms with Crippen molar-refractivity contribution in [2.24, 2.45) is 0 Å². The van der Waals surface area contributed by atoms with E-state index in [1.165, 1.54) is 4.31 Å². The molecule has 3 aromatic carbocycles. The van der Waals surface area contributed by atoms with E-state index in [1.807, 2.05) is 25.1 Å². The maximum atomic E-state index is 13.7. The minimum atomic E-state index is -3.84. The Balaban J connectivity index is 1.96. The zero-order chi connectivity index (χ0) is 21.3. The molecule has 0 amide bonds. The van der Waals surface area contributed by atoms with Gasteiger partial charge in [-0.05, 0) is 37.3 Å². The highest BCUT2D eigenvalue weighted by Crippen LogP contribution is 2.35. The third-order valence-corrected chi connectivity index (χ3v) is 6.83. The molecular weight excluding hydrogens is 398 g/mol. The van der Waals surface area contributed by atoms with Crippen LogP contribution in [0, 0.1) is 18.8 Å². The number of aryl methyl sites for hydroxylation is 1. The zero-order valence-corrected chi connectivity index (χ0v) is 17.8. The Labute approximate surface area is 176 Å². The third-order valence-electron chi connectivity index (χ3n) is 5.05. The number of fused-ring (bicyclic) bond motifs is 2. The van der Waals surface area contributed by atoms with Gasteiger partial charge in [0.05, 0.1) is 31.3 Å². The van der Waals surface area contributed by atoms with E-state index in [0.717, 1.165) is 5.56 Å². The zero-order valence-electron chi connectivity index (χ0n) is 17.0. The predicted molar refractivity (Wildman–Crippen MR) is 117 cm³/mol. The molecule has 1 heterocycles. The molecule has 0 aliphatic carbocycles. The molecule has 0 fully saturated rings. The van der Waals surface area contributed by atoms with Crippen LogP contribution in [-0.4, -0.2) is 22.6 Å². The molecule has 0 atom stereocenters. The molecular formula is C24H21NO4S. The van der Waals surface area contributed by atoms with Crippen LogP contribution in [0.2, 0.25) is 0 Å². The van der Waals surface area contributed by atoms with E-state index in [9.17, 15) is 8.42 Å². The Morgan fingerprint density at radius 2 is 1.60 bits per heavy atom. The van der Waals surface area contributed by atoms with Crippen molar-refractivity contribution in [1.82, 2.24) is 0 Å². The number of rotatable bonds is 4. The fourth-order valence-corrected chi connectivity index (χ4v) is 4.86. The molecule has 0 N–H and O–H groups in total. The fraction of sp³-hybridized carbons (Fsp3) is 0.167. The van der Waals surface area contributed by atoms with Crippen LogP contribution in [-0.2, 0) is 16.6 Å². The number of sulfonamides is 1. The van der Waals surface area contributed by atoms with Crippen molar-refractivity contribution < 1.29 is 17.9 Å². The lowest BCUT2D eigenvalue weighted by molar-refractivity contribution is 0.391. The lowest BCUT2D eigenvalue weighted by Gasteiger charge is -2.28. The highest BCUT2D eigenvalue weighted by Gasteiger charge is 2.29. The second-order valence-corrected chi connectivity index (χ2v) is 8.81. The van der Waals surface area contributed by atoms with Gasteiger partial charge < -0.3 is 9.47 Å². The van der Waals surface area contributed by atoms with E-state index >= 15 is 0 Å². The maximum Gasteiger partial charge on any atom is 0.264 e. The van der Waals surface area contributed by atoms with Crippen molar-refractivity contribution >= 4 is 15.7 Å². The van der Waals surface area contributed by atoms with Crippen LogP contribution < -0.4 is 13.8 Å². The molecule has 3 aromatic rings. The number of hydrogen-bond acceptors (Lipinski definition) is 4. The lowest BCUT2D eigenvalue weighted by atomic mass is 10.0. The van der Waals surface area contributed by atoms with Crippen molar-refractivity contribution in [2.45, 2.75) is 18.4 Å². The Bertz CT molecular complexity index is 1270. The molecule has 0 bridgehead atoms. The van der Waals surface area contributed by atoms with Crippen LogP contribution >= 0.6 is 0 Å². The fourth-order valence-electron chi connectivity index (χ4n) is 3.41. The Morgan fingerprint density at radius 3 is 2.30 bits per heavy atom. The van der Waals surface area contributed by atoms with Gasteiger partial charge in [-0.15, -0.1) is 0 Å². The average molecular weight is 420 g/mol. The largest absolute Gasteiger partial charge is 0.497 e. The molecule has 5 nitrogen and oxygen atoms in total. The van der Waals surface area contributed by atoms with E-state index in [2.05, 4.69) is 11.8 Å². The molecule has 0 saturated carbocycles. The summed E-state index contributed by atoms with van der Waals surface area (Å²) in [5, 5.41) is 0. The first kappa shape index (κ1) is 19.9. The van der Waals surface area contributed by atoms with Gasteiger partial charge in [-0.2, -0.15) is 0 Å². The normalized spacial score (nSPS) is 12.6. The SMILES string of the molecule is COc1cc2c(c(OC)c1)CN(S(=O)(=O)c1ccc(C)cc1)c1ccccc1C#C2. The lowest BCUT2D eigenvalue weighted by Crippen LogP contribution is -2.32. The summed E-state index contributed by atoms with van der Waals surface area (Å²) in [5.41, 5.74) is 3.53. The van der Waals surface area contributed by atoms with E-state index in [4.69, 9.17) is 9.47 Å². The van der Waals surface area contributed by atoms with Crippen molar-refractivity contribution in [1.29, 1.82) is 0 Å². The molecule has 0 radical (unpaired) electrons. The van der Waals surface area contributed by atoms with Crippen molar-refractivity contribution in [3.8, 4) is 23.3 Å². The van der Waals surface area contributed by atoms with Crippen LogP contribution in [0.25, 0.3) is 0 Å². The molecule has 1 aliphatic heterocycles. The summed E-state index contributed by atoms with van der Waals surface area (Å²) in [6, 6.07) is 17.6. The highest BCUT2D eigenvalue weighted by atomic mass is 32.2. The van der Waals surface area contributed by atoms with E-state index in [0.29, 0.717) is 33.9 Å². The van der Waals surface area contributed by atoms with Gasteiger partial charge >= 0.3 is 0 Å². The first-order valence-corrected chi connectivity index (χ1v) is 10.8. The first-order chi connectivity index (χ1) is 14.4. The number of methoxy groups -OCH3 is 2. The molecule has 4 rings (SSSR count). The monoisotopic (exact) mass is 419 g/mol. The van der Waals surface area contributed by atoms with Crippen LogP contribution in [0.4, 0.5) is 5.69 Å². The topological polar surface area (TPSA) is 55.8 Å². The van der Waals surface area contributed by atoms with Gasteiger partial charge in [-0.3, -0.25) is 4.31 Å². The van der Waals surface area contributed by atoms with Gasteiger partial charge in [0.1, 0.15) is 11.5 Å². The first-order valence-electron chi connectivity index (χ1n) is 9.39.